The fraction of sp³-hybridized carbons (Fsp3) is 0.167. The minimum Gasteiger partial charge on any atom is -0.268 e. The Morgan fingerprint density at radius 3 is 2.29 bits per heavy atom. The smallest absolute Gasteiger partial charge is 0.268 e. The molecule has 0 aliphatic rings. The van der Waals surface area contributed by atoms with Crippen LogP contribution in [0.2, 0.25) is 0 Å². The second kappa shape index (κ2) is 5.49. The number of benzene rings is 1. The van der Waals surface area contributed by atoms with E-state index in [2.05, 4.69) is 10.2 Å². The lowest BCUT2D eigenvalue weighted by molar-refractivity contribution is -0.395. The van der Waals surface area contributed by atoms with E-state index in [1.165, 1.54) is 24.3 Å². The van der Waals surface area contributed by atoms with Crippen molar-refractivity contribution in [1.82, 2.24) is 10.2 Å². The summed E-state index contributed by atoms with van der Waals surface area (Å²) in [6.07, 6.45) is -0.216. The predicted molar refractivity (Wildman–Crippen MR) is 72.2 cm³/mol. The van der Waals surface area contributed by atoms with Crippen molar-refractivity contribution < 1.29 is 9.85 Å². The quantitative estimate of drug-likeness (QED) is 0.670. The van der Waals surface area contributed by atoms with Crippen LogP contribution in [0.5, 0.6) is 0 Å². The highest BCUT2D eigenvalue weighted by atomic mass is 16.6. The first-order valence-corrected chi connectivity index (χ1v) is 5.86. The molecule has 108 valence electrons. The Balaban J connectivity index is 2.62. The Kier molecular flexibility index (Phi) is 3.74. The van der Waals surface area contributed by atoms with E-state index in [1.807, 2.05) is 0 Å². The first-order valence-electron chi connectivity index (χ1n) is 5.86. The summed E-state index contributed by atoms with van der Waals surface area (Å²) in [5, 5.41) is 28.0. The molecule has 21 heavy (non-hydrogen) atoms. The third kappa shape index (κ3) is 2.91. The van der Waals surface area contributed by atoms with E-state index in [0.29, 0.717) is 5.69 Å². The molecule has 0 aliphatic carbocycles. The molecule has 2 rings (SSSR count). The number of hydrogen-bond donors (Lipinski definition) is 1. The molecule has 9 nitrogen and oxygen atoms in total. The van der Waals surface area contributed by atoms with Gasteiger partial charge in [-0.1, -0.05) is 0 Å². The lowest BCUT2D eigenvalue weighted by atomic mass is 10.0. The van der Waals surface area contributed by atoms with Gasteiger partial charge in [0.15, 0.2) is 0 Å². The zero-order valence-electron chi connectivity index (χ0n) is 10.9. The Morgan fingerprint density at radius 1 is 1.19 bits per heavy atom. The van der Waals surface area contributed by atoms with Crippen LogP contribution in [0.15, 0.2) is 29.1 Å². The highest BCUT2D eigenvalue weighted by Gasteiger charge is 2.25. The molecule has 2 aromatic rings. The van der Waals surface area contributed by atoms with Crippen LogP contribution in [-0.2, 0) is 6.42 Å². The van der Waals surface area contributed by atoms with Gasteiger partial charge in [0.25, 0.3) is 16.9 Å². The number of nitrogens with zero attached hydrogens (tertiary/aromatic N) is 3. The van der Waals surface area contributed by atoms with Crippen molar-refractivity contribution in [3.8, 4) is 0 Å². The molecule has 0 saturated heterocycles. The van der Waals surface area contributed by atoms with Crippen LogP contribution in [0.3, 0.4) is 0 Å². The summed E-state index contributed by atoms with van der Waals surface area (Å²) in [7, 11) is 0. The molecule has 0 aliphatic heterocycles. The number of nitrogens with one attached hydrogen (secondary N) is 1. The first kappa shape index (κ1) is 14.3. The fourth-order valence-electron chi connectivity index (χ4n) is 1.97. The third-order valence-corrected chi connectivity index (χ3v) is 2.90. The maximum absolute atomic E-state index is 11.7. The van der Waals surface area contributed by atoms with Gasteiger partial charge in [0, 0.05) is 24.1 Å². The molecule has 0 radical (unpaired) electrons. The number of aromatic nitrogens is 2. The molecule has 1 aromatic heterocycles. The molecule has 0 amide bonds. The van der Waals surface area contributed by atoms with Crippen LogP contribution in [0.4, 0.5) is 11.4 Å². The van der Waals surface area contributed by atoms with Crippen LogP contribution in [0, 0.1) is 27.2 Å². The second-order valence-corrected chi connectivity index (χ2v) is 4.33. The Hall–Kier alpha value is -3.10. The fourth-order valence-corrected chi connectivity index (χ4v) is 1.97. The normalized spacial score (nSPS) is 10.3. The van der Waals surface area contributed by atoms with Gasteiger partial charge >= 0.3 is 0 Å². The third-order valence-electron chi connectivity index (χ3n) is 2.90. The maximum Gasteiger partial charge on any atom is 0.279 e. The SMILES string of the molecule is Cc1cc(Cc2c([N+](=O)[O-])cccc2[N+](=O)[O-])c(=O)[nH]n1. The number of aryl methyl sites for hydroxylation is 1. The predicted octanol–water partition coefficient (Wildman–Crippen LogP) is 1.49. The molecule has 0 unspecified atom stereocenters. The highest BCUT2D eigenvalue weighted by molar-refractivity contribution is 5.55. The van der Waals surface area contributed by atoms with Crippen molar-refractivity contribution in [3.05, 3.63) is 71.7 Å². The number of aromatic amines is 1. The van der Waals surface area contributed by atoms with E-state index < -0.39 is 26.8 Å². The largest absolute Gasteiger partial charge is 0.279 e. The van der Waals surface area contributed by atoms with Crippen LogP contribution in [0.1, 0.15) is 16.8 Å². The monoisotopic (exact) mass is 290 g/mol. The number of nitro benzene ring substituents is 2. The molecular weight excluding hydrogens is 280 g/mol. The van der Waals surface area contributed by atoms with Crippen molar-refractivity contribution in [2.75, 3.05) is 0 Å². The van der Waals surface area contributed by atoms with E-state index in [0.717, 1.165) is 0 Å². The van der Waals surface area contributed by atoms with E-state index >= 15 is 0 Å². The molecule has 0 saturated carbocycles. The first-order chi connectivity index (χ1) is 9.90. The molecule has 1 heterocycles. The van der Waals surface area contributed by atoms with Crippen molar-refractivity contribution in [2.24, 2.45) is 0 Å². The molecule has 1 aromatic carbocycles. The van der Waals surface area contributed by atoms with Gasteiger partial charge in [-0.25, -0.2) is 5.10 Å². The van der Waals surface area contributed by atoms with Crippen LogP contribution < -0.4 is 5.56 Å². The lowest BCUT2D eigenvalue weighted by Gasteiger charge is -2.04. The summed E-state index contributed by atoms with van der Waals surface area (Å²) in [5.41, 5.74) is -0.737. The van der Waals surface area contributed by atoms with Crippen molar-refractivity contribution in [3.63, 3.8) is 0 Å². The standard InChI is InChI=1S/C12H10N4O5/c1-7-5-8(12(17)14-13-7)6-9-10(15(18)19)3-2-4-11(9)16(20)21/h2-5H,6H2,1H3,(H,14,17). The average molecular weight is 290 g/mol. The van der Waals surface area contributed by atoms with Crippen molar-refractivity contribution in [2.45, 2.75) is 13.3 Å². The number of nitro groups is 2. The van der Waals surface area contributed by atoms with Gasteiger partial charge in [0.2, 0.25) is 0 Å². The van der Waals surface area contributed by atoms with Crippen LogP contribution in [0.25, 0.3) is 0 Å². The van der Waals surface area contributed by atoms with Gasteiger partial charge in [0.1, 0.15) is 5.56 Å². The summed E-state index contributed by atoms with van der Waals surface area (Å²) in [5.74, 6) is 0. The lowest BCUT2D eigenvalue weighted by Crippen LogP contribution is -2.16. The summed E-state index contributed by atoms with van der Waals surface area (Å²) in [4.78, 5) is 32.3. The van der Waals surface area contributed by atoms with Crippen LogP contribution >= 0.6 is 0 Å². The van der Waals surface area contributed by atoms with Crippen molar-refractivity contribution in [1.29, 1.82) is 0 Å². The summed E-state index contributed by atoms with van der Waals surface area (Å²) in [6, 6.07) is 5.02. The topological polar surface area (TPSA) is 132 Å². The number of rotatable bonds is 4. The van der Waals surface area contributed by atoms with Gasteiger partial charge in [0.05, 0.1) is 15.5 Å². The second-order valence-electron chi connectivity index (χ2n) is 4.33. The van der Waals surface area contributed by atoms with Gasteiger partial charge < -0.3 is 0 Å². The van der Waals surface area contributed by atoms with E-state index in [4.69, 9.17) is 0 Å². The molecule has 1 N–H and O–H groups in total. The van der Waals surface area contributed by atoms with Gasteiger partial charge in [-0.2, -0.15) is 5.10 Å². The average Bonchev–Trinajstić information content (AvgIpc) is 2.42. The maximum atomic E-state index is 11.7. The molecule has 0 spiro atoms. The summed E-state index contributed by atoms with van der Waals surface area (Å²) >= 11 is 0. The number of hydrogen-bond acceptors (Lipinski definition) is 6. The van der Waals surface area contributed by atoms with Gasteiger partial charge in [-0.05, 0) is 19.1 Å². The van der Waals surface area contributed by atoms with E-state index in [1.54, 1.807) is 6.92 Å². The van der Waals surface area contributed by atoms with E-state index in [9.17, 15) is 25.0 Å². The highest BCUT2D eigenvalue weighted by Crippen LogP contribution is 2.29. The molecule has 0 bridgehead atoms. The zero-order valence-corrected chi connectivity index (χ0v) is 10.9. The van der Waals surface area contributed by atoms with Crippen molar-refractivity contribution >= 4 is 11.4 Å². The van der Waals surface area contributed by atoms with Gasteiger partial charge in [-0.3, -0.25) is 25.0 Å². The Bertz CT molecular complexity index is 751. The number of H-pyrrole nitrogens is 1. The minimum atomic E-state index is -0.704. The van der Waals surface area contributed by atoms with E-state index in [-0.39, 0.29) is 17.5 Å². The molecular formula is C12H10N4O5. The molecule has 0 fully saturated rings. The minimum absolute atomic E-state index is 0.108. The summed E-state index contributed by atoms with van der Waals surface area (Å²) in [6.45, 7) is 1.63. The molecule has 0 atom stereocenters. The van der Waals surface area contributed by atoms with Gasteiger partial charge in [-0.15, -0.1) is 0 Å². The zero-order chi connectivity index (χ0) is 15.6. The Morgan fingerprint density at radius 2 is 1.76 bits per heavy atom. The molecule has 9 heteroatoms. The summed E-state index contributed by atoms with van der Waals surface area (Å²) < 4.78 is 0. The van der Waals surface area contributed by atoms with Crippen LogP contribution in [-0.4, -0.2) is 20.0 Å². The Labute approximate surface area is 117 Å².